The van der Waals surface area contributed by atoms with Crippen LogP contribution in [0.3, 0.4) is 0 Å². The van der Waals surface area contributed by atoms with E-state index in [-0.39, 0.29) is 11.6 Å². The van der Waals surface area contributed by atoms with E-state index in [1.165, 1.54) is 12.1 Å². The van der Waals surface area contributed by atoms with Crippen LogP contribution in [0.4, 0.5) is 10.1 Å². The smallest absolute Gasteiger partial charge is 0.305 e. The third kappa shape index (κ3) is 3.10. The Balaban J connectivity index is 2.99. The van der Waals surface area contributed by atoms with E-state index in [1.807, 2.05) is 0 Å². The standard InChI is InChI=1S/C11H11FN2O3/c1-3-7(2)13-11(15)8-4-5-9(12)10(6-8)14(16)17/h3-7H,1H2,2H3,(H,13,15). The first-order valence-corrected chi connectivity index (χ1v) is 4.83. The highest BCUT2D eigenvalue weighted by atomic mass is 19.1. The predicted octanol–water partition coefficient (Wildman–Crippen LogP) is 2.04. The van der Waals surface area contributed by atoms with Crippen LogP contribution in [0, 0.1) is 15.9 Å². The first-order chi connectivity index (χ1) is 7.95. The second-order valence-electron chi connectivity index (χ2n) is 3.42. The Morgan fingerprint density at radius 2 is 2.29 bits per heavy atom. The number of benzene rings is 1. The second kappa shape index (κ2) is 5.20. The molecule has 1 aromatic rings. The summed E-state index contributed by atoms with van der Waals surface area (Å²) >= 11 is 0. The van der Waals surface area contributed by atoms with E-state index in [2.05, 4.69) is 11.9 Å². The Morgan fingerprint density at radius 3 is 2.82 bits per heavy atom. The molecule has 1 rings (SSSR count). The van der Waals surface area contributed by atoms with Crippen LogP contribution < -0.4 is 5.32 Å². The van der Waals surface area contributed by atoms with Crippen LogP contribution in [0.25, 0.3) is 0 Å². The van der Waals surface area contributed by atoms with Gasteiger partial charge in [-0.1, -0.05) is 6.08 Å². The van der Waals surface area contributed by atoms with Gasteiger partial charge in [-0.3, -0.25) is 14.9 Å². The van der Waals surface area contributed by atoms with Gasteiger partial charge < -0.3 is 5.32 Å². The first-order valence-electron chi connectivity index (χ1n) is 4.83. The fourth-order valence-corrected chi connectivity index (χ4v) is 1.14. The fourth-order valence-electron chi connectivity index (χ4n) is 1.14. The molecule has 0 bridgehead atoms. The molecule has 0 aliphatic carbocycles. The molecule has 0 saturated heterocycles. The molecule has 0 heterocycles. The van der Waals surface area contributed by atoms with Crippen molar-refractivity contribution in [1.29, 1.82) is 0 Å². The second-order valence-corrected chi connectivity index (χ2v) is 3.42. The maximum Gasteiger partial charge on any atom is 0.305 e. The molecule has 1 aromatic carbocycles. The van der Waals surface area contributed by atoms with Gasteiger partial charge in [0.2, 0.25) is 5.82 Å². The van der Waals surface area contributed by atoms with Crippen molar-refractivity contribution in [3.05, 3.63) is 52.3 Å². The van der Waals surface area contributed by atoms with Crippen LogP contribution >= 0.6 is 0 Å². The lowest BCUT2D eigenvalue weighted by atomic mass is 10.1. The third-order valence-electron chi connectivity index (χ3n) is 2.12. The summed E-state index contributed by atoms with van der Waals surface area (Å²) in [6.07, 6.45) is 1.51. The Morgan fingerprint density at radius 1 is 1.65 bits per heavy atom. The van der Waals surface area contributed by atoms with Crippen molar-refractivity contribution in [2.45, 2.75) is 13.0 Å². The van der Waals surface area contributed by atoms with Crippen LogP contribution in [0.1, 0.15) is 17.3 Å². The monoisotopic (exact) mass is 238 g/mol. The minimum atomic E-state index is -0.969. The van der Waals surface area contributed by atoms with Gasteiger partial charge in [0.15, 0.2) is 0 Å². The number of nitrogens with one attached hydrogen (secondary N) is 1. The lowest BCUT2D eigenvalue weighted by Crippen LogP contribution is -2.30. The van der Waals surface area contributed by atoms with Gasteiger partial charge in [-0.05, 0) is 19.1 Å². The largest absolute Gasteiger partial charge is 0.346 e. The molecule has 1 unspecified atom stereocenters. The predicted molar refractivity (Wildman–Crippen MR) is 60.2 cm³/mol. The molecule has 17 heavy (non-hydrogen) atoms. The summed E-state index contributed by atoms with van der Waals surface area (Å²) in [6, 6.07) is 2.71. The summed E-state index contributed by atoms with van der Waals surface area (Å²) in [4.78, 5) is 21.2. The van der Waals surface area contributed by atoms with Gasteiger partial charge in [-0.15, -0.1) is 6.58 Å². The summed E-state index contributed by atoms with van der Waals surface area (Å²) in [5.74, 6) is -1.48. The van der Waals surface area contributed by atoms with Crippen molar-refractivity contribution >= 4 is 11.6 Å². The number of rotatable bonds is 4. The van der Waals surface area contributed by atoms with Gasteiger partial charge in [-0.2, -0.15) is 4.39 Å². The number of hydrogen-bond donors (Lipinski definition) is 1. The number of halogens is 1. The summed E-state index contributed by atoms with van der Waals surface area (Å²) in [5, 5.41) is 13.0. The molecule has 0 aliphatic rings. The molecule has 90 valence electrons. The van der Waals surface area contributed by atoms with Crippen LogP contribution in [-0.2, 0) is 0 Å². The zero-order valence-corrected chi connectivity index (χ0v) is 9.14. The van der Waals surface area contributed by atoms with E-state index in [9.17, 15) is 19.3 Å². The number of hydrogen-bond acceptors (Lipinski definition) is 3. The highest BCUT2D eigenvalue weighted by Crippen LogP contribution is 2.18. The zero-order valence-electron chi connectivity index (χ0n) is 9.14. The topological polar surface area (TPSA) is 72.2 Å². The summed E-state index contributed by atoms with van der Waals surface area (Å²) in [7, 11) is 0. The zero-order chi connectivity index (χ0) is 13.0. The number of nitrogens with zero attached hydrogens (tertiary/aromatic N) is 1. The molecule has 0 spiro atoms. The van der Waals surface area contributed by atoms with Gasteiger partial charge in [0.1, 0.15) is 0 Å². The van der Waals surface area contributed by atoms with E-state index in [1.54, 1.807) is 6.92 Å². The number of amides is 1. The summed E-state index contributed by atoms with van der Waals surface area (Å²) < 4.78 is 13.0. The quantitative estimate of drug-likeness (QED) is 0.495. The van der Waals surface area contributed by atoms with Crippen molar-refractivity contribution < 1.29 is 14.1 Å². The Labute approximate surface area is 97.1 Å². The summed E-state index contributed by atoms with van der Waals surface area (Å²) in [6.45, 7) is 5.18. The average molecular weight is 238 g/mol. The van der Waals surface area contributed by atoms with E-state index < -0.39 is 22.3 Å². The minimum absolute atomic E-state index is 0.0341. The van der Waals surface area contributed by atoms with Crippen LogP contribution in [0.2, 0.25) is 0 Å². The van der Waals surface area contributed by atoms with Gasteiger partial charge >= 0.3 is 5.69 Å². The van der Waals surface area contributed by atoms with Crippen LogP contribution in [0.15, 0.2) is 30.9 Å². The van der Waals surface area contributed by atoms with Crippen molar-refractivity contribution in [3.63, 3.8) is 0 Å². The average Bonchev–Trinajstić information content (AvgIpc) is 2.28. The van der Waals surface area contributed by atoms with Gasteiger partial charge in [0.25, 0.3) is 5.91 Å². The molecule has 0 saturated carbocycles. The van der Waals surface area contributed by atoms with E-state index in [4.69, 9.17) is 0 Å². The van der Waals surface area contributed by atoms with Gasteiger partial charge in [0.05, 0.1) is 4.92 Å². The minimum Gasteiger partial charge on any atom is -0.346 e. The van der Waals surface area contributed by atoms with Gasteiger partial charge in [-0.25, -0.2) is 0 Å². The molecule has 1 atom stereocenters. The highest BCUT2D eigenvalue weighted by Gasteiger charge is 2.17. The molecular formula is C11H11FN2O3. The number of nitro benzene ring substituents is 1. The normalized spacial score (nSPS) is 11.6. The number of carbonyl (C=O) groups excluding carboxylic acids is 1. The fraction of sp³-hybridized carbons (Fsp3) is 0.182. The Kier molecular flexibility index (Phi) is 3.92. The van der Waals surface area contributed by atoms with Crippen molar-refractivity contribution in [2.75, 3.05) is 0 Å². The lowest BCUT2D eigenvalue weighted by molar-refractivity contribution is -0.387. The van der Waals surface area contributed by atoms with Gasteiger partial charge in [0, 0.05) is 17.7 Å². The van der Waals surface area contributed by atoms with Crippen LogP contribution in [-0.4, -0.2) is 16.9 Å². The van der Waals surface area contributed by atoms with Crippen molar-refractivity contribution in [3.8, 4) is 0 Å². The Hall–Kier alpha value is -2.24. The molecule has 1 amide bonds. The summed E-state index contributed by atoms with van der Waals surface area (Å²) in [5.41, 5.74) is -0.685. The third-order valence-corrected chi connectivity index (χ3v) is 2.12. The molecule has 6 heteroatoms. The van der Waals surface area contributed by atoms with Crippen molar-refractivity contribution in [1.82, 2.24) is 5.32 Å². The van der Waals surface area contributed by atoms with Crippen molar-refractivity contribution in [2.24, 2.45) is 0 Å². The number of nitro groups is 1. The SMILES string of the molecule is C=CC(C)NC(=O)c1ccc(F)c([N+](=O)[O-])c1. The molecule has 0 radical (unpaired) electrons. The molecule has 0 aliphatic heterocycles. The molecule has 1 N–H and O–H groups in total. The molecule has 0 aromatic heterocycles. The lowest BCUT2D eigenvalue weighted by Gasteiger charge is -2.08. The number of carbonyl (C=O) groups is 1. The molecular weight excluding hydrogens is 227 g/mol. The highest BCUT2D eigenvalue weighted by molar-refractivity contribution is 5.95. The van der Waals surface area contributed by atoms with E-state index >= 15 is 0 Å². The van der Waals surface area contributed by atoms with Crippen LogP contribution in [0.5, 0.6) is 0 Å². The van der Waals surface area contributed by atoms with E-state index in [0.29, 0.717) is 0 Å². The van der Waals surface area contributed by atoms with E-state index in [0.717, 1.165) is 12.1 Å². The maximum absolute atomic E-state index is 13.0. The molecule has 0 fully saturated rings. The molecule has 5 nitrogen and oxygen atoms in total. The maximum atomic E-state index is 13.0. The Bertz CT molecular complexity index is 474. The first kappa shape index (κ1) is 12.8.